The second-order valence-corrected chi connectivity index (χ2v) is 9.20. The van der Waals surface area contributed by atoms with E-state index in [1.54, 1.807) is 18.2 Å². The molecule has 0 saturated carbocycles. The van der Waals surface area contributed by atoms with Crippen LogP contribution in [0.25, 0.3) is 0 Å². The number of para-hydroxylation sites is 1. The summed E-state index contributed by atoms with van der Waals surface area (Å²) in [6.07, 6.45) is -4.52. The molecule has 3 aromatic carbocycles. The first kappa shape index (κ1) is 25.9. The number of sulfonamides is 1. The summed E-state index contributed by atoms with van der Waals surface area (Å²) in [5, 5.41) is 2.49. The van der Waals surface area contributed by atoms with Gasteiger partial charge in [0.25, 0.3) is 10.0 Å². The minimum atomic E-state index is -4.52. The number of carbonyl (C=O) groups is 1. The Kier molecular flexibility index (Phi) is 7.90. The molecule has 0 fully saturated rings. The SMILES string of the molecule is COc1ccc(S(=O)(=O)N(CC(=O)NCc2cccc(C(F)(F)F)c2)c2ccccc2)cc1OC. The van der Waals surface area contributed by atoms with Crippen molar-refractivity contribution in [2.24, 2.45) is 0 Å². The third-order valence-electron chi connectivity index (χ3n) is 5.02. The van der Waals surface area contributed by atoms with Crippen LogP contribution in [0, 0.1) is 0 Å². The Balaban J connectivity index is 1.85. The normalized spacial score (nSPS) is 11.6. The molecule has 3 rings (SSSR count). The molecule has 0 aromatic heterocycles. The lowest BCUT2D eigenvalue weighted by Crippen LogP contribution is -2.40. The average Bonchev–Trinajstić information content (AvgIpc) is 2.85. The minimum absolute atomic E-state index is 0.135. The summed E-state index contributed by atoms with van der Waals surface area (Å²) in [4.78, 5) is 12.6. The first-order chi connectivity index (χ1) is 16.6. The van der Waals surface area contributed by atoms with E-state index in [4.69, 9.17) is 9.47 Å². The summed E-state index contributed by atoms with van der Waals surface area (Å²) in [5.41, 5.74) is -0.384. The molecule has 0 aliphatic heterocycles. The summed E-state index contributed by atoms with van der Waals surface area (Å²) >= 11 is 0. The third kappa shape index (κ3) is 6.24. The molecule has 0 aliphatic carbocycles. The maximum atomic E-state index is 13.5. The van der Waals surface area contributed by atoms with Crippen LogP contribution in [0.1, 0.15) is 11.1 Å². The van der Waals surface area contributed by atoms with Crippen molar-refractivity contribution in [1.82, 2.24) is 5.32 Å². The van der Waals surface area contributed by atoms with Crippen molar-refractivity contribution in [3.8, 4) is 11.5 Å². The van der Waals surface area contributed by atoms with Crippen LogP contribution in [0.3, 0.4) is 0 Å². The smallest absolute Gasteiger partial charge is 0.416 e. The number of alkyl halides is 3. The fourth-order valence-electron chi connectivity index (χ4n) is 3.26. The minimum Gasteiger partial charge on any atom is -0.493 e. The van der Waals surface area contributed by atoms with Crippen LogP contribution < -0.4 is 19.1 Å². The molecule has 0 atom stereocenters. The number of carbonyl (C=O) groups excluding carboxylic acids is 1. The van der Waals surface area contributed by atoms with E-state index in [1.807, 2.05) is 0 Å². The lowest BCUT2D eigenvalue weighted by atomic mass is 10.1. The lowest BCUT2D eigenvalue weighted by Gasteiger charge is -2.24. The Morgan fingerprint density at radius 2 is 1.60 bits per heavy atom. The van der Waals surface area contributed by atoms with Gasteiger partial charge in [0.15, 0.2) is 11.5 Å². The van der Waals surface area contributed by atoms with Gasteiger partial charge in [-0.25, -0.2) is 8.42 Å². The summed E-state index contributed by atoms with van der Waals surface area (Å²) in [5.74, 6) is -0.178. The molecule has 0 unspecified atom stereocenters. The second kappa shape index (κ2) is 10.7. The number of methoxy groups -OCH3 is 2. The van der Waals surface area contributed by atoms with Gasteiger partial charge in [-0.05, 0) is 42.0 Å². The van der Waals surface area contributed by atoms with Crippen molar-refractivity contribution < 1.29 is 35.9 Å². The predicted octanol–water partition coefficient (Wildman–Crippen LogP) is 4.23. The fourth-order valence-corrected chi connectivity index (χ4v) is 4.70. The van der Waals surface area contributed by atoms with E-state index in [2.05, 4.69) is 5.32 Å². The Morgan fingerprint density at radius 3 is 2.23 bits per heavy atom. The van der Waals surface area contributed by atoms with Gasteiger partial charge in [0, 0.05) is 12.6 Å². The van der Waals surface area contributed by atoms with Crippen molar-refractivity contribution >= 4 is 21.6 Å². The highest BCUT2D eigenvalue weighted by atomic mass is 32.2. The molecule has 0 saturated heterocycles. The molecule has 35 heavy (non-hydrogen) atoms. The average molecular weight is 509 g/mol. The van der Waals surface area contributed by atoms with E-state index in [0.717, 1.165) is 16.4 Å². The monoisotopic (exact) mass is 508 g/mol. The highest BCUT2D eigenvalue weighted by molar-refractivity contribution is 7.92. The van der Waals surface area contributed by atoms with Crippen molar-refractivity contribution in [3.05, 3.63) is 83.9 Å². The highest BCUT2D eigenvalue weighted by Gasteiger charge is 2.31. The quantitative estimate of drug-likeness (QED) is 0.468. The Morgan fingerprint density at radius 1 is 0.914 bits per heavy atom. The maximum Gasteiger partial charge on any atom is 0.416 e. The van der Waals surface area contributed by atoms with Crippen LogP contribution in [0.2, 0.25) is 0 Å². The van der Waals surface area contributed by atoms with Crippen molar-refractivity contribution in [1.29, 1.82) is 0 Å². The van der Waals surface area contributed by atoms with Gasteiger partial charge in [0.05, 0.1) is 30.4 Å². The summed E-state index contributed by atoms with van der Waals surface area (Å²) in [7, 11) is -1.45. The number of nitrogens with zero attached hydrogens (tertiary/aromatic N) is 1. The number of rotatable bonds is 9. The molecule has 7 nitrogen and oxygen atoms in total. The second-order valence-electron chi connectivity index (χ2n) is 7.34. The van der Waals surface area contributed by atoms with Gasteiger partial charge in [-0.3, -0.25) is 9.10 Å². The van der Waals surface area contributed by atoms with Gasteiger partial charge < -0.3 is 14.8 Å². The lowest BCUT2D eigenvalue weighted by molar-refractivity contribution is -0.137. The predicted molar refractivity (Wildman–Crippen MR) is 124 cm³/mol. The van der Waals surface area contributed by atoms with Crippen molar-refractivity contribution in [2.45, 2.75) is 17.6 Å². The molecular weight excluding hydrogens is 485 g/mol. The van der Waals surface area contributed by atoms with Crippen molar-refractivity contribution in [3.63, 3.8) is 0 Å². The van der Waals surface area contributed by atoms with Crippen LogP contribution >= 0.6 is 0 Å². The van der Waals surface area contributed by atoms with Gasteiger partial charge in [0.1, 0.15) is 6.54 Å². The Labute approximate surface area is 201 Å². The van der Waals surface area contributed by atoms with Crippen LogP contribution in [0.4, 0.5) is 18.9 Å². The number of amides is 1. The molecule has 1 N–H and O–H groups in total. The molecular formula is C24H23F3N2O5S. The number of benzene rings is 3. The van der Waals surface area contributed by atoms with Gasteiger partial charge in [-0.2, -0.15) is 13.2 Å². The molecule has 11 heteroatoms. The molecule has 0 heterocycles. The van der Waals surface area contributed by atoms with E-state index in [1.165, 1.54) is 56.7 Å². The first-order valence-corrected chi connectivity index (χ1v) is 11.7. The van der Waals surface area contributed by atoms with Crippen LogP contribution in [-0.4, -0.2) is 35.1 Å². The highest BCUT2D eigenvalue weighted by Crippen LogP contribution is 2.32. The van der Waals surface area contributed by atoms with Crippen LogP contribution in [-0.2, 0) is 27.5 Å². The summed E-state index contributed by atoms with van der Waals surface area (Å²) in [6.45, 7) is -0.804. The zero-order valence-corrected chi connectivity index (χ0v) is 19.7. The number of nitrogens with one attached hydrogen (secondary N) is 1. The molecule has 0 aliphatic rings. The summed E-state index contributed by atoms with van der Waals surface area (Å²) < 4.78 is 77.1. The zero-order valence-electron chi connectivity index (χ0n) is 18.9. The van der Waals surface area contributed by atoms with E-state index < -0.39 is 34.2 Å². The molecule has 0 radical (unpaired) electrons. The topological polar surface area (TPSA) is 84.9 Å². The van der Waals surface area contributed by atoms with Crippen LogP contribution in [0.5, 0.6) is 11.5 Å². The Hall–Kier alpha value is -3.73. The maximum absolute atomic E-state index is 13.5. The first-order valence-electron chi connectivity index (χ1n) is 10.3. The molecule has 0 spiro atoms. The van der Waals surface area contributed by atoms with E-state index in [9.17, 15) is 26.4 Å². The molecule has 3 aromatic rings. The molecule has 1 amide bonds. The standard InChI is InChI=1S/C24H23F3N2O5S/c1-33-21-12-11-20(14-22(21)34-2)35(31,32)29(19-9-4-3-5-10-19)16-23(30)28-15-17-7-6-8-18(13-17)24(25,26)27/h3-14H,15-16H2,1-2H3,(H,28,30). The Bertz CT molecular complexity index is 1280. The van der Waals surface area contributed by atoms with Gasteiger partial charge in [0.2, 0.25) is 5.91 Å². The third-order valence-corrected chi connectivity index (χ3v) is 6.79. The number of halogens is 3. The van der Waals surface area contributed by atoms with E-state index in [-0.39, 0.29) is 28.4 Å². The van der Waals surface area contributed by atoms with Gasteiger partial charge in [-0.15, -0.1) is 0 Å². The van der Waals surface area contributed by atoms with Gasteiger partial charge >= 0.3 is 6.18 Å². The molecule has 0 bridgehead atoms. The zero-order chi connectivity index (χ0) is 25.6. The fraction of sp³-hybridized carbons (Fsp3) is 0.208. The van der Waals surface area contributed by atoms with E-state index >= 15 is 0 Å². The number of hydrogen-bond donors (Lipinski definition) is 1. The van der Waals surface area contributed by atoms with Crippen LogP contribution in [0.15, 0.2) is 77.7 Å². The summed E-state index contributed by atoms with van der Waals surface area (Å²) in [6, 6.07) is 16.6. The largest absolute Gasteiger partial charge is 0.493 e. The molecule has 186 valence electrons. The number of hydrogen-bond acceptors (Lipinski definition) is 5. The van der Waals surface area contributed by atoms with Crippen molar-refractivity contribution in [2.75, 3.05) is 25.1 Å². The van der Waals surface area contributed by atoms with Gasteiger partial charge in [-0.1, -0.05) is 30.3 Å². The number of anilines is 1. The number of ether oxygens (including phenoxy) is 2. The van der Waals surface area contributed by atoms with E-state index in [0.29, 0.717) is 5.75 Å².